The molecule has 9 nitrogen and oxygen atoms in total. The third-order valence-corrected chi connectivity index (χ3v) is 12.1. The van der Waals surface area contributed by atoms with E-state index in [2.05, 4.69) is 19.2 Å². The number of ether oxygens (including phenoxy) is 2. The maximum atomic E-state index is 12.9. The molecule has 0 aromatic carbocycles. The molecule has 1 heterocycles. The summed E-state index contributed by atoms with van der Waals surface area (Å²) in [5.74, 6) is -0.175. The van der Waals surface area contributed by atoms with E-state index in [0.29, 0.717) is 6.42 Å². The van der Waals surface area contributed by atoms with Gasteiger partial charge in [0.2, 0.25) is 5.91 Å². The van der Waals surface area contributed by atoms with Gasteiger partial charge in [0.05, 0.1) is 25.4 Å². The number of allylic oxidation sites excluding steroid dienone is 1. The summed E-state index contributed by atoms with van der Waals surface area (Å²) >= 11 is 0. The van der Waals surface area contributed by atoms with Crippen LogP contribution in [-0.4, -0.2) is 87.5 Å². The van der Waals surface area contributed by atoms with Gasteiger partial charge < -0.3 is 40.3 Å². The fraction of sp³-hybridized carbons (Fsp3) is 0.939. The van der Waals surface area contributed by atoms with E-state index in [1.807, 2.05) is 6.08 Å². The largest absolute Gasteiger partial charge is 0.394 e. The second kappa shape index (κ2) is 40.0. The van der Waals surface area contributed by atoms with Crippen molar-refractivity contribution < 1.29 is 39.8 Å². The van der Waals surface area contributed by atoms with Gasteiger partial charge in [-0.15, -0.1) is 0 Å². The van der Waals surface area contributed by atoms with E-state index < -0.39 is 49.5 Å². The molecule has 58 heavy (non-hydrogen) atoms. The van der Waals surface area contributed by atoms with Crippen molar-refractivity contribution in [1.82, 2.24) is 5.32 Å². The average molecular weight is 826 g/mol. The monoisotopic (exact) mass is 826 g/mol. The van der Waals surface area contributed by atoms with Crippen molar-refractivity contribution in [3.8, 4) is 0 Å². The normalized spacial score (nSPS) is 20.8. The molecule has 0 bridgehead atoms. The topological polar surface area (TPSA) is 149 Å². The minimum Gasteiger partial charge on any atom is -0.394 e. The number of hydrogen-bond donors (Lipinski definition) is 6. The summed E-state index contributed by atoms with van der Waals surface area (Å²) in [6, 6.07) is -0.797. The lowest BCUT2D eigenvalue weighted by Gasteiger charge is -2.40. The summed E-state index contributed by atoms with van der Waals surface area (Å²) in [4.78, 5) is 12.9. The highest BCUT2D eigenvalue weighted by atomic mass is 16.7. The molecule has 1 aliphatic rings. The van der Waals surface area contributed by atoms with Crippen LogP contribution in [0.4, 0.5) is 0 Å². The van der Waals surface area contributed by atoms with Crippen molar-refractivity contribution >= 4 is 5.91 Å². The van der Waals surface area contributed by atoms with Crippen LogP contribution in [0, 0.1) is 0 Å². The minimum atomic E-state index is -1.56. The standard InChI is InChI=1S/C49H95NO8/c1-3-5-7-9-11-13-14-15-16-17-18-19-20-21-22-23-24-25-26-27-28-29-31-33-35-37-39-45(53)50-42(43(52)38-36-34-32-30-12-10-8-6-4-2)41-57-49-48(56)47(55)46(54)44(40-51)58-49/h36,38,42-44,46-49,51-52,54-56H,3-35,37,39-41H2,1-2H3,(H,50,53)/b38-36+/t42-,43+,44+,46+,47?,48?,49+/m0/s1. The molecule has 1 aliphatic heterocycles. The molecular formula is C49H95NO8. The highest BCUT2D eigenvalue weighted by Gasteiger charge is 2.44. The van der Waals surface area contributed by atoms with Crippen LogP contribution in [0.5, 0.6) is 0 Å². The Morgan fingerprint density at radius 2 is 0.948 bits per heavy atom. The third-order valence-electron chi connectivity index (χ3n) is 12.1. The number of carbonyl (C=O) groups is 1. The van der Waals surface area contributed by atoms with Gasteiger partial charge in [-0.2, -0.15) is 0 Å². The Labute approximate surface area is 356 Å². The molecule has 6 N–H and O–H groups in total. The molecule has 1 fully saturated rings. The van der Waals surface area contributed by atoms with Gasteiger partial charge in [-0.05, 0) is 19.3 Å². The number of hydrogen-bond acceptors (Lipinski definition) is 8. The van der Waals surface area contributed by atoms with Crippen molar-refractivity contribution in [2.24, 2.45) is 0 Å². The van der Waals surface area contributed by atoms with Crippen molar-refractivity contribution in [2.75, 3.05) is 13.2 Å². The van der Waals surface area contributed by atoms with Gasteiger partial charge in [-0.3, -0.25) is 4.79 Å². The molecule has 0 saturated carbocycles. The molecule has 1 rings (SSSR count). The highest BCUT2D eigenvalue weighted by molar-refractivity contribution is 5.76. The zero-order chi connectivity index (χ0) is 42.3. The molecule has 9 heteroatoms. The smallest absolute Gasteiger partial charge is 0.220 e. The first kappa shape index (κ1) is 54.9. The van der Waals surface area contributed by atoms with Crippen LogP contribution in [0.3, 0.4) is 0 Å². The van der Waals surface area contributed by atoms with Crippen molar-refractivity contribution in [3.05, 3.63) is 12.2 Å². The Balaban J connectivity index is 2.15. The summed E-state index contributed by atoms with van der Waals surface area (Å²) in [6.45, 7) is 3.76. The van der Waals surface area contributed by atoms with Crippen LogP contribution >= 0.6 is 0 Å². The molecule has 0 aromatic rings. The van der Waals surface area contributed by atoms with Crippen molar-refractivity contribution in [3.63, 3.8) is 0 Å². The van der Waals surface area contributed by atoms with Crippen molar-refractivity contribution in [1.29, 1.82) is 0 Å². The zero-order valence-corrected chi connectivity index (χ0v) is 37.8. The Morgan fingerprint density at radius 3 is 1.34 bits per heavy atom. The summed E-state index contributed by atoms with van der Waals surface area (Å²) in [5.41, 5.74) is 0. The number of nitrogens with one attached hydrogen (secondary N) is 1. The Morgan fingerprint density at radius 1 is 0.569 bits per heavy atom. The molecule has 0 aliphatic carbocycles. The lowest BCUT2D eigenvalue weighted by atomic mass is 9.99. The molecule has 7 atom stereocenters. The number of rotatable bonds is 42. The summed E-state index contributed by atoms with van der Waals surface area (Å²) in [6.07, 6.45) is 40.0. The maximum absolute atomic E-state index is 12.9. The zero-order valence-electron chi connectivity index (χ0n) is 37.8. The molecule has 1 amide bonds. The van der Waals surface area contributed by atoms with Gasteiger partial charge in [0.25, 0.3) is 0 Å². The van der Waals surface area contributed by atoms with E-state index in [-0.39, 0.29) is 12.5 Å². The molecule has 344 valence electrons. The van der Waals surface area contributed by atoms with E-state index in [9.17, 15) is 30.3 Å². The molecule has 0 aromatic heterocycles. The van der Waals surface area contributed by atoms with Crippen LogP contribution in [0.25, 0.3) is 0 Å². The van der Waals surface area contributed by atoms with Gasteiger partial charge >= 0.3 is 0 Å². The first-order valence-electron chi connectivity index (χ1n) is 24.9. The van der Waals surface area contributed by atoms with E-state index in [0.717, 1.165) is 38.5 Å². The van der Waals surface area contributed by atoms with Gasteiger partial charge in [0.15, 0.2) is 6.29 Å². The van der Waals surface area contributed by atoms with Crippen molar-refractivity contribution in [2.45, 2.75) is 281 Å². The Bertz CT molecular complexity index is 919. The molecular weight excluding hydrogens is 731 g/mol. The van der Waals surface area contributed by atoms with E-state index >= 15 is 0 Å². The maximum Gasteiger partial charge on any atom is 0.220 e. The second-order valence-electron chi connectivity index (χ2n) is 17.6. The van der Waals surface area contributed by atoms with Gasteiger partial charge in [0.1, 0.15) is 24.4 Å². The Hall–Kier alpha value is -1.07. The number of unbranched alkanes of at least 4 members (excludes halogenated alkanes) is 32. The first-order chi connectivity index (χ1) is 28.3. The summed E-state index contributed by atoms with van der Waals surface area (Å²) in [5, 5.41) is 54.1. The fourth-order valence-corrected chi connectivity index (χ4v) is 8.10. The number of amides is 1. The van der Waals surface area contributed by atoms with Gasteiger partial charge in [-0.1, -0.05) is 225 Å². The van der Waals surface area contributed by atoms with Crippen LogP contribution in [0.1, 0.15) is 239 Å². The summed E-state index contributed by atoms with van der Waals surface area (Å²) < 4.78 is 11.2. The predicted molar refractivity (Wildman–Crippen MR) is 240 cm³/mol. The molecule has 1 saturated heterocycles. The average Bonchev–Trinajstić information content (AvgIpc) is 3.22. The van der Waals surface area contributed by atoms with E-state index in [4.69, 9.17) is 9.47 Å². The molecule has 0 radical (unpaired) electrons. The van der Waals surface area contributed by atoms with Crippen LogP contribution in [-0.2, 0) is 14.3 Å². The predicted octanol–water partition coefficient (Wildman–Crippen LogP) is 10.9. The van der Waals surface area contributed by atoms with Crippen LogP contribution in [0.2, 0.25) is 0 Å². The first-order valence-corrected chi connectivity index (χ1v) is 24.9. The molecule has 2 unspecified atom stereocenters. The molecule has 0 spiro atoms. The lowest BCUT2D eigenvalue weighted by molar-refractivity contribution is -0.302. The fourth-order valence-electron chi connectivity index (χ4n) is 8.10. The quantitative estimate of drug-likeness (QED) is 0.0263. The van der Waals surface area contributed by atoms with Crippen LogP contribution < -0.4 is 5.32 Å². The highest BCUT2D eigenvalue weighted by Crippen LogP contribution is 2.23. The van der Waals surface area contributed by atoms with E-state index in [1.54, 1.807) is 6.08 Å². The Kier molecular flexibility index (Phi) is 37.9. The van der Waals surface area contributed by atoms with Crippen LogP contribution in [0.15, 0.2) is 12.2 Å². The van der Waals surface area contributed by atoms with Gasteiger partial charge in [-0.25, -0.2) is 0 Å². The SMILES string of the molecule is CCCCCCCCC/C=C/[C@@H](O)[C@H](CO[C@@H]1O[C@H](CO)[C@@H](O)C(O)C1O)NC(=O)CCCCCCCCCCCCCCCCCCCCCCCCCCCC. The number of carbonyl (C=O) groups excluding carboxylic acids is 1. The lowest BCUT2D eigenvalue weighted by Crippen LogP contribution is -2.60. The van der Waals surface area contributed by atoms with Gasteiger partial charge in [0, 0.05) is 6.42 Å². The third kappa shape index (κ3) is 30.0. The minimum absolute atomic E-state index is 0.175. The van der Waals surface area contributed by atoms with E-state index in [1.165, 1.54) is 180 Å². The second-order valence-corrected chi connectivity index (χ2v) is 17.6. The summed E-state index contributed by atoms with van der Waals surface area (Å²) in [7, 11) is 0. The number of aliphatic hydroxyl groups is 5. The number of aliphatic hydroxyl groups excluding tert-OH is 5.